The van der Waals surface area contributed by atoms with E-state index in [-0.39, 0.29) is 24.3 Å². The van der Waals surface area contributed by atoms with Crippen molar-refractivity contribution in [3.05, 3.63) is 131 Å². The summed E-state index contributed by atoms with van der Waals surface area (Å²) in [7, 11) is 1.27. The molecular formula is C39H35BrN2O8S. The van der Waals surface area contributed by atoms with E-state index in [1.165, 1.54) is 28.4 Å². The van der Waals surface area contributed by atoms with Crippen LogP contribution in [-0.4, -0.2) is 43.4 Å². The fraction of sp³-hybridized carbons (Fsp3) is 0.231. The van der Waals surface area contributed by atoms with Crippen molar-refractivity contribution in [3.63, 3.8) is 0 Å². The van der Waals surface area contributed by atoms with Crippen molar-refractivity contribution in [2.24, 2.45) is 4.99 Å². The van der Waals surface area contributed by atoms with Crippen LogP contribution < -0.4 is 29.1 Å². The van der Waals surface area contributed by atoms with Crippen molar-refractivity contribution in [2.75, 3.05) is 26.9 Å². The zero-order chi connectivity index (χ0) is 36.1. The van der Waals surface area contributed by atoms with Gasteiger partial charge in [0.05, 0.1) is 46.6 Å². The van der Waals surface area contributed by atoms with E-state index >= 15 is 0 Å². The molecule has 1 aliphatic rings. The zero-order valence-corrected chi connectivity index (χ0v) is 30.8. The zero-order valence-electron chi connectivity index (χ0n) is 28.4. The second kappa shape index (κ2) is 15.8. The smallest absolute Gasteiger partial charge is 0.343 e. The van der Waals surface area contributed by atoms with Gasteiger partial charge in [0, 0.05) is 0 Å². The minimum Gasteiger partial charge on any atom is -0.490 e. The molecule has 0 bridgehead atoms. The van der Waals surface area contributed by atoms with Crippen molar-refractivity contribution < 1.29 is 33.3 Å². The number of thiazole rings is 1. The Bertz CT molecular complexity index is 2350. The Morgan fingerprint density at radius 2 is 1.69 bits per heavy atom. The molecule has 4 aromatic carbocycles. The van der Waals surface area contributed by atoms with Crippen LogP contribution >= 0.6 is 27.3 Å². The number of nitrogens with zero attached hydrogens (tertiary/aromatic N) is 2. The van der Waals surface area contributed by atoms with E-state index in [1.54, 1.807) is 38.1 Å². The van der Waals surface area contributed by atoms with Crippen molar-refractivity contribution in [3.8, 4) is 17.2 Å². The average Bonchev–Trinajstić information content (AvgIpc) is 3.43. The Kier molecular flexibility index (Phi) is 11.0. The van der Waals surface area contributed by atoms with Gasteiger partial charge in [-0.1, -0.05) is 59.9 Å². The van der Waals surface area contributed by atoms with Gasteiger partial charge in [0.2, 0.25) is 0 Å². The molecule has 5 aromatic rings. The summed E-state index contributed by atoms with van der Waals surface area (Å²) in [4.78, 5) is 44.4. The molecule has 12 heteroatoms. The van der Waals surface area contributed by atoms with E-state index < -0.39 is 18.0 Å². The topological polar surface area (TPSA) is 115 Å². The Labute approximate surface area is 306 Å². The summed E-state index contributed by atoms with van der Waals surface area (Å²) in [6, 6.07) is 24.3. The summed E-state index contributed by atoms with van der Waals surface area (Å²) < 4.78 is 30.4. The number of hydrogen-bond donors (Lipinski definition) is 0. The van der Waals surface area contributed by atoms with Crippen LogP contribution in [0.3, 0.4) is 0 Å². The van der Waals surface area contributed by atoms with Gasteiger partial charge in [-0.05, 0) is 101 Å². The minimum absolute atomic E-state index is 0.147. The fourth-order valence-electron chi connectivity index (χ4n) is 5.75. The molecule has 0 saturated heterocycles. The maximum Gasteiger partial charge on any atom is 0.343 e. The normalized spacial score (nSPS) is 14.1. The van der Waals surface area contributed by atoms with Crippen molar-refractivity contribution >= 4 is 56.1 Å². The number of halogens is 1. The molecule has 0 fully saturated rings. The summed E-state index contributed by atoms with van der Waals surface area (Å²) in [6.07, 6.45) is 1.79. The van der Waals surface area contributed by atoms with Crippen molar-refractivity contribution in [1.29, 1.82) is 0 Å². The standard InChI is InChI=1S/C39H35BrN2O8S/c1-5-47-32-20-28(14-16-31(32)50-22-34(43)46-4)36-35(38(45)48-6-2)23(3)41-39-42(36)37(44)33(51-39)19-24-12-15-30(29(40)18-24)49-21-25-11-13-26-9-7-8-10-27(26)17-25/h7-20,36H,5-6,21-22H2,1-4H3/b33-19-/t36-/m0/s1. The molecule has 51 heavy (non-hydrogen) atoms. The molecular weight excluding hydrogens is 736 g/mol. The predicted octanol–water partition coefficient (Wildman–Crippen LogP) is 6.24. The maximum atomic E-state index is 14.2. The first-order valence-corrected chi connectivity index (χ1v) is 17.9. The molecule has 0 unspecified atom stereocenters. The molecule has 2 heterocycles. The fourth-order valence-corrected chi connectivity index (χ4v) is 7.31. The van der Waals surface area contributed by atoms with Crippen LogP contribution in [0.5, 0.6) is 17.2 Å². The number of methoxy groups -OCH3 is 1. The SMILES string of the molecule is CCOC(=O)C1=C(C)N=c2s/c(=C\c3ccc(OCc4ccc5ccccc5c4)c(Br)c3)c(=O)n2[C@H]1c1ccc(OCC(=O)OC)c(OCC)c1. The van der Waals surface area contributed by atoms with E-state index in [4.69, 9.17) is 23.7 Å². The van der Waals surface area contributed by atoms with Crippen LogP contribution in [0.2, 0.25) is 0 Å². The molecule has 0 radical (unpaired) electrons. The quantitative estimate of drug-likeness (QED) is 0.137. The average molecular weight is 772 g/mol. The van der Waals surface area contributed by atoms with Gasteiger partial charge in [0.25, 0.3) is 5.56 Å². The molecule has 6 rings (SSSR count). The maximum absolute atomic E-state index is 14.2. The van der Waals surface area contributed by atoms with Gasteiger partial charge in [0.15, 0.2) is 22.9 Å². The monoisotopic (exact) mass is 770 g/mol. The highest BCUT2D eigenvalue weighted by Gasteiger charge is 2.34. The lowest BCUT2D eigenvalue weighted by Gasteiger charge is -2.25. The second-order valence-corrected chi connectivity index (χ2v) is 13.3. The molecule has 1 atom stereocenters. The number of aromatic nitrogens is 1. The Balaban J connectivity index is 1.34. The van der Waals surface area contributed by atoms with Gasteiger partial charge in [-0.25, -0.2) is 14.6 Å². The Morgan fingerprint density at radius 1 is 0.902 bits per heavy atom. The number of carbonyl (C=O) groups is 2. The van der Waals surface area contributed by atoms with E-state index in [1.807, 2.05) is 37.3 Å². The first-order chi connectivity index (χ1) is 24.7. The van der Waals surface area contributed by atoms with Gasteiger partial charge in [-0.2, -0.15) is 0 Å². The lowest BCUT2D eigenvalue weighted by molar-refractivity contribution is -0.143. The molecule has 1 aromatic heterocycles. The number of ether oxygens (including phenoxy) is 5. The third-order valence-electron chi connectivity index (χ3n) is 8.14. The van der Waals surface area contributed by atoms with Gasteiger partial charge in [-0.3, -0.25) is 9.36 Å². The molecule has 262 valence electrons. The Morgan fingerprint density at radius 3 is 2.43 bits per heavy atom. The summed E-state index contributed by atoms with van der Waals surface area (Å²) in [6.45, 7) is 5.80. The van der Waals surface area contributed by atoms with E-state index in [0.717, 1.165) is 21.0 Å². The van der Waals surface area contributed by atoms with Crippen LogP contribution in [0.15, 0.2) is 104 Å². The molecule has 0 spiro atoms. The van der Waals surface area contributed by atoms with Crippen molar-refractivity contribution in [2.45, 2.75) is 33.4 Å². The summed E-state index contributed by atoms with van der Waals surface area (Å²) in [5.74, 6) is 0.191. The lowest BCUT2D eigenvalue weighted by atomic mass is 9.95. The highest BCUT2D eigenvalue weighted by Crippen LogP contribution is 2.36. The first-order valence-electron chi connectivity index (χ1n) is 16.3. The highest BCUT2D eigenvalue weighted by molar-refractivity contribution is 9.10. The molecule has 0 amide bonds. The number of carbonyl (C=O) groups excluding carboxylic acids is 2. The summed E-state index contributed by atoms with van der Waals surface area (Å²) in [5.41, 5.74) is 2.74. The molecule has 0 aliphatic carbocycles. The summed E-state index contributed by atoms with van der Waals surface area (Å²) >= 11 is 4.86. The van der Waals surface area contributed by atoms with Crippen LogP contribution in [0.25, 0.3) is 16.8 Å². The number of fused-ring (bicyclic) bond motifs is 2. The third-order valence-corrected chi connectivity index (χ3v) is 9.74. The van der Waals surface area contributed by atoms with E-state index in [2.05, 4.69) is 51.3 Å². The third kappa shape index (κ3) is 7.77. The minimum atomic E-state index is -0.867. The van der Waals surface area contributed by atoms with Crippen LogP contribution in [0.4, 0.5) is 0 Å². The van der Waals surface area contributed by atoms with Gasteiger partial charge in [-0.15, -0.1) is 0 Å². The molecule has 10 nitrogen and oxygen atoms in total. The first kappa shape index (κ1) is 35.6. The summed E-state index contributed by atoms with van der Waals surface area (Å²) in [5, 5.41) is 2.32. The highest BCUT2D eigenvalue weighted by atomic mass is 79.9. The van der Waals surface area contributed by atoms with Gasteiger partial charge >= 0.3 is 11.9 Å². The number of hydrogen-bond acceptors (Lipinski definition) is 10. The van der Waals surface area contributed by atoms with E-state index in [9.17, 15) is 14.4 Å². The van der Waals surface area contributed by atoms with E-state index in [0.29, 0.717) is 51.1 Å². The lowest BCUT2D eigenvalue weighted by Crippen LogP contribution is -2.40. The van der Waals surface area contributed by atoms with Crippen LogP contribution in [0, 0.1) is 0 Å². The second-order valence-electron chi connectivity index (χ2n) is 11.5. The Hall–Kier alpha value is -5.20. The van der Waals surface area contributed by atoms with Crippen LogP contribution in [-0.2, 0) is 25.7 Å². The molecule has 0 N–H and O–H groups in total. The van der Waals surface area contributed by atoms with Crippen molar-refractivity contribution in [1.82, 2.24) is 4.57 Å². The number of benzene rings is 4. The molecule has 1 aliphatic heterocycles. The largest absolute Gasteiger partial charge is 0.490 e. The number of esters is 2. The number of allylic oxidation sites excluding steroid dienone is 1. The molecule has 0 saturated carbocycles. The van der Waals surface area contributed by atoms with Gasteiger partial charge < -0.3 is 23.7 Å². The van der Waals surface area contributed by atoms with Gasteiger partial charge in [0.1, 0.15) is 12.4 Å². The number of rotatable bonds is 12. The predicted molar refractivity (Wildman–Crippen MR) is 198 cm³/mol. The van der Waals surface area contributed by atoms with Crippen LogP contribution in [0.1, 0.15) is 43.5 Å².